The van der Waals surface area contributed by atoms with Gasteiger partial charge in [-0.15, -0.1) is 0 Å². The summed E-state index contributed by atoms with van der Waals surface area (Å²) in [6.45, 7) is 2.26. The van der Waals surface area contributed by atoms with Crippen molar-refractivity contribution in [2.75, 3.05) is 11.4 Å². The molecule has 0 atom stereocenters. The first-order valence-electron chi connectivity index (χ1n) is 15.4. The quantitative estimate of drug-likeness (QED) is 0.157. The second kappa shape index (κ2) is 13.2. The van der Waals surface area contributed by atoms with Gasteiger partial charge in [-0.2, -0.15) is 4.99 Å². The Bertz CT molecular complexity index is 1810. The van der Waals surface area contributed by atoms with Crippen molar-refractivity contribution >= 4 is 40.8 Å². The maximum atomic E-state index is 13.8. The maximum absolute atomic E-state index is 13.8. The van der Waals surface area contributed by atoms with Crippen LogP contribution in [-0.4, -0.2) is 29.7 Å². The van der Waals surface area contributed by atoms with E-state index in [4.69, 9.17) is 19.2 Å². The molecule has 2 fully saturated rings. The summed E-state index contributed by atoms with van der Waals surface area (Å²) in [5, 5.41) is 0. The molecule has 0 N–H and O–H groups in total. The van der Waals surface area contributed by atoms with E-state index in [0.29, 0.717) is 18.7 Å². The average Bonchev–Trinajstić information content (AvgIpc) is 3.37. The fourth-order valence-corrected chi connectivity index (χ4v) is 5.54. The number of amides is 1. The molecule has 46 heavy (non-hydrogen) atoms. The number of hydrogen-bond donors (Lipinski definition) is 0. The number of hydrogen-bond acceptors (Lipinski definition) is 6. The van der Waals surface area contributed by atoms with E-state index in [1.165, 1.54) is 0 Å². The predicted octanol–water partition coefficient (Wildman–Crippen LogP) is 8.68. The summed E-state index contributed by atoms with van der Waals surface area (Å²) >= 11 is 0. The molecule has 7 nitrogen and oxygen atoms in total. The number of anilines is 3. The summed E-state index contributed by atoms with van der Waals surface area (Å²) in [6, 6.07) is 46.4. The molecule has 5 aromatic rings. The number of carbonyl (C=O) groups is 1. The van der Waals surface area contributed by atoms with Crippen LogP contribution in [0.25, 0.3) is 6.08 Å². The van der Waals surface area contributed by atoms with Gasteiger partial charge in [0.1, 0.15) is 0 Å². The molecule has 2 heterocycles. The van der Waals surface area contributed by atoms with Crippen LogP contribution in [0, 0.1) is 0 Å². The molecule has 0 saturated carbocycles. The summed E-state index contributed by atoms with van der Waals surface area (Å²) in [6.07, 6.45) is 1.64. The minimum Gasteiger partial charge on any atom is -0.419 e. The number of amidine groups is 1. The number of ether oxygens (including phenoxy) is 3. The molecule has 5 aromatic carbocycles. The van der Waals surface area contributed by atoms with Crippen molar-refractivity contribution in [3.8, 4) is 0 Å². The third-order valence-electron chi connectivity index (χ3n) is 7.87. The highest BCUT2D eigenvalue weighted by Gasteiger charge is 2.36. The van der Waals surface area contributed by atoms with Gasteiger partial charge in [-0.05, 0) is 73.0 Å². The molecule has 2 aliphatic heterocycles. The van der Waals surface area contributed by atoms with Crippen molar-refractivity contribution in [3.05, 3.63) is 162 Å². The Hall–Kier alpha value is -5.50. The average molecular weight is 608 g/mol. The second-order valence-corrected chi connectivity index (χ2v) is 11.0. The van der Waals surface area contributed by atoms with Crippen LogP contribution in [-0.2, 0) is 25.4 Å². The van der Waals surface area contributed by atoms with Crippen LogP contribution in [0.15, 0.2) is 150 Å². The number of benzene rings is 5. The van der Waals surface area contributed by atoms with E-state index in [2.05, 4.69) is 29.2 Å². The van der Waals surface area contributed by atoms with Crippen molar-refractivity contribution in [2.24, 2.45) is 4.99 Å². The molecule has 7 rings (SSSR count). The SMILES string of the molecule is CC1OC(c2ccccc2N=C2O/C(=C/c3ccc(N(c4ccccc4)c4ccccc4)cc3)C(=O)N2CCc2ccccc2)O1. The van der Waals surface area contributed by atoms with E-state index in [1.807, 2.05) is 122 Å². The van der Waals surface area contributed by atoms with E-state index in [0.717, 1.165) is 33.8 Å². The zero-order chi connectivity index (χ0) is 31.3. The normalized spacial score (nSPS) is 19.2. The molecular formula is C39H33N3O4. The van der Waals surface area contributed by atoms with Crippen LogP contribution in [0.2, 0.25) is 0 Å². The van der Waals surface area contributed by atoms with Crippen LogP contribution < -0.4 is 4.90 Å². The van der Waals surface area contributed by atoms with E-state index in [9.17, 15) is 4.79 Å². The summed E-state index contributed by atoms with van der Waals surface area (Å²) in [5.41, 5.74) is 6.46. The van der Waals surface area contributed by atoms with Gasteiger partial charge in [-0.25, -0.2) is 0 Å². The first kappa shape index (κ1) is 29.2. The number of carbonyl (C=O) groups excluding carboxylic acids is 1. The Balaban J connectivity index is 1.19. The maximum Gasteiger partial charge on any atom is 0.305 e. The highest BCUT2D eigenvalue weighted by molar-refractivity contribution is 6.11. The summed E-state index contributed by atoms with van der Waals surface area (Å²) in [7, 11) is 0. The van der Waals surface area contributed by atoms with Crippen LogP contribution >= 0.6 is 0 Å². The smallest absolute Gasteiger partial charge is 0.305 e. The number of para-hydroxylation sites is 3. The van der Waals surface area contributed by atoms with Gasteiger partial charge in [-0.3, -0.25) is 9.69 Å². The number of nitrogens with zero attached hydrogens (tertiary/aromatic N) is 3. The van der Waals surface area contributed by atoms with Gasteiger partial charge in [-0.1, -0.05) is 97.1 Å². The molecular weight excluding hydrogens is 574 g/mol. The van der Waals surface area contributed by atoms with Crippen molar-refractivity contribution in [3.63, 3.8) is 0 Å². The zero-order valence-electron chi connectivity index (χ0n) is 25.4. The van der Waals surface area contributed by atoms with E-state index < -0.39 is 6.29 Å². The third-order valence-corrected chi connectivity index (χ3v) is 7.87. The molecule has 228 valence electrons. The van der Waals surface area contributed by atoms with Crippen LogP contribution in [0.4, 0.5) is 22.7 Å². The summed E-state index contributed by atoms with van der Waals surface area (Å²) in [5.74, 6) is -0.0269. The lowest BCUT2D eigenvalue weighted by atomic mass is 10.1. The number of rotatable bonds is 9. The number of aliphatic imine (C=N–C) groups is 1. The topological polar surface area (TPSA) is 63.6 Å². The minimum atomic E-state index is -0.509. The first-order chi connectivity index (χ1) is 22.6. The van der Waals surface area contributed by atoms with Gasteiger partial charge < -0.3 is 19.1 Å². The van der Waals surface area contributed by atoms with E-state index >= 15 is 0 Å². The molecule has 0 radical (unpaired) electrons. The van der Waals surface area contributed by atoms with Gasteiger partial charge in [0.05, 0.1) is 5.69 Å². The summed E-state index contributed by atoms with van der Waals surface area (Å²) in [4.78, 5) is 22.4. The van der Waals surface area contributed by atoms with Gasteiger partial charge >= 0.3 is 6.02 Å². The molecule has 0 unspecified atom stereocenters. The fraction of sp³-hybridized carbons (Fsp3) is 0.128. The molecule has 2 saturated heterocycles. The molecule has 0 aromatic heterocycles. The van der Waals surface area contributed by atoms with E-state index in [-0.39, 0.29) is 24.0 Å². The Morgan fingerprint density at radius 2 is 1.28 bits per heavy atom. The lowest BCUT2D eigenvalue weighted by molar-refractivity contribution is -0.382. The minimum absolute atomic E-state index is 0.213. The lowest BCUT2D eigenvalue weighted by Crippen LogP contribution is -2.32. The molecule has 0 aliphatic carbocycles. The molecule has 1 amide bonds. The lowest BCUT2D eigenvalue weighted by Gasteiger charge is -2.34. The molecule has 7 heteroatoms. The van der Waals surface area contributed by atoms with Crippen molar-refractivity contribution < 1.29 is 19.0 Å². The fourth-order valence-electron chi connectivity index (χ4n) is 5.54. The Morgan fingerprint density at radius 3 is 1.91 bits per heavy atom. The van der Waals surface area contributed by atoms with Crippen LogP contribution in [0.1, 0.15) is 29.9 Å². The van der Waals surface area contributed by atoms with Crippen molar-refractivity contribution in [1.29, 1.82) is 0 Å². The van der Waals surface area contributed by atoms with Crippen molar-refractivity contribution in [1.82, 2.24) is 4.90 Å². The van der Waals surface area contributed by atoms with Crippen LogP contribution in [0.5, 0.6) is 0 Å². The highest BCUT2D eigenvalue weighted by Crippen LogP contribution is 2.38. The molecule has 0 spiro atoms. The largest absolute Gasteiger partial charge is 0.419 e. The zero-order valence-corrected chi connectivity index (χ0v) is 25.4. The van der Waals surface area contributed by atoms with Crippen molar-refractivity contribution in [2.45, 2.75) is 25.9 Å². The monoisotopic (exact) mass is 607 g/mol. The molecule has 2 aliphatic rings. The van der Waals surface area contributed by atoms with Gasteiger partial charge in [0.15, 0.2) is 18.3 Å². The third kappa shape index (κ3) is 6.33. The first-order valence-corrected chi connectivity index (χ1v) is 15.4. The van der Waals surface area contributed by atoms with E-state index in [1.54, 1.807) is 11.0 Å². The highest BCUT2D eigenvalue weighted by atomic mass is 16.9. The van der Waals surface area contributed by atoms with Crippen LogP contribution in [0.3, 0.4) is 0 Å². The standard InChI is InChI=1S/C39H33N3O4/c1-28-44-38(45-28)34-19-11-12-20-35(34)40-39-41(26-25-29-13-5-2-6-14-29)37(43)36(46-39)27-30-21-23-33(24-22-30)42(31-15-7-3-8-16-31)32-17-9-4-10-18-32/h2-24,27-28,38H,25-26H2,1H3/b36-27+,40-39?. The van der Waals surface area contributed by atoms with Gasteiger partial charge in [0, 0.05) is 29.2 Å². The second-order valence-electron chi connectivity index (χ2n) is 11.0. The Labute approximate surface area is 268 Å². The Morgan fingerprint density at radius 1 is 0.717 bits per heavy atom. The van der Waals surface area contributed by atoms with Gasteiger partial charge in [0.2, 0.25) is 0 Å². The molecule has 0 bridgehead atoms. The van der Waals surface area contributed by atoms with Gasteiger partial charge in [0.25, 0.3) is 5.91 Å². The Kier molecular flexibility index (Phi) is 8.41. The predicted molar refractivity (Wildman–Crippen MR) is 180 cm³/mol. The summed E-state index contributed by atoms with van der Waals surface area (Å²) < 4.78 is 17.7.